The van der Waals surface area contributed by atoms with E-state index < -0.39 is 23.1 Å². The van der Waals surface area contributed by atoms with Crippen LogP contribution in [-0.2, 0) is 28.7 Å². The molecule has 0 heterocycles. The molecule has 3 rings (SSSR count). The summed E-state index contributed by atoms with van der Waals surface area (Å²) in [5.74, 6) is -1.65. The van der Waals surface area contributed by atoms with Crippen molar-refractivity contribution in [1.82, 2.24) is 0 Å². The second-order valence-corrected chi connectivity index (χ2v) is 8.67. The molecule has 0 saturated heterocycles. The van der Waals surface area contributed by atoms with Gasteiger partial charge >= 0.3 is 11.9 Å². The first-order chi connectivity index (χ1) is 15.4. The predicted octanol–water partition coefficient (Wildman–Crippen LogP) is 2.65. The number of aldehydes is 4. The third-order valence-electron chi connectivity index (χ3n) is 6.52. The second-order valence-electron chi connectivity index (χ2n) is 8.67. The number of carbonyl (C=O) groups excluding carboxylic acids is 6. The van der Waals surface area contributed by atoms with Crippen LogP contribution in [0.3, 0.4) is 0 Å². The van der Waals surface area contributed by atoms with Crippen molar-refractivity contribution >= 4 is 37.1 Å². The van der Waals surface area contributed by atoms with Crippen LogP contribution in [0.1, 0.15) is 72.1 Å². The summed E-state index contributed by atoms with van der Waals surface area (Å²) in [6, 6.07) is 5.58. The fraction of sp³-hybridized carbons (Fsp3) is 0.500. The van der Waals surface area contributed by atoms with Crippen LogP contribution in [0.5, 0.6) is 0 Å². The molecule has 0 aromatic heterocycles. The first-order valence-electron chi connectivity index (χ1n) is 10.8. The van der Waals surface area contributed by atoms with Gasteiger partial charge in [-0.1, -0.05) is 0 Å². The molecule has 2 aliphatic rings. The zero-order valence-corrected chi connectivity index (χ0v) is 17.7. The molecule has 1 aromatic rings. The summed E-state index contributed by atoms with van der Waals surface area (Å²) < 4.78 is 10.9. The van der Waals surface area contributed by atoms with Crippen LogP contribution in [-0.4, -0.2) is 48.3 Å². The number of carbonyl (C=O) groups is 6. The molecule has 0 unspecified atom stereocenters. The van der Waals surface area contributed by atoms with Crippen LogP contribution in [0.4, 0.5) is 0 Å². The maximum absolute atomic E-state index is 12.5. The first kappa shape index (κ1) is 23.5. The van der Waals surface area contributed by atoms with Gasteiger partial charge in [0.2, 0.25) is 0 Å². The Balaban J connectivity index is 1.62. The molecule has 170 valence electrons. The molecular weight excluding hydrogens is 416 g/mol. The first-order valence-corrected chi connectivity index (χ1v) is 10.8. The molecule has 0 aliphatic heterocycles. The van der Waals surface area contributed by atoms with Crippen molar-refractivity contribution in [2.75, 3.05) is 0 Å². The Morgan fingerprint density at radius 3 is 1.22 bits per heavy atom. The normalized spacial score (nSPS) is 29.9. The van der Waals surface area contributed by atoms with Crippen LogP contribution in [0.25, 0.3) is 0 Å². The summed E-state index contributed by atoms with van der Waals surface area (Å²) >= 11 is 0. The highest BCUT2D eigenvalue weighted by molar-refractivity contribution is 5.94. The molecule has 8 nitrogen and oxygen atoms in total. The van der Waals surface area contributed by atoms with Gasteiger partial charge in [0.15, 0.2) is 23.8 Å². The van der Waals surface area contributed by atoms with Crippen molar-refractivity contribution in [3.63, 3.8) is 0 Å². The third-order valence-corrected chi connectivity index (χ3v) is 6.52. The van der Waals surface area contributed by atoms with Gasteiger partial charge in [-0.25, -0.2) is 9.59 Å². The van der Waals surface area contributed by atoms with Crippen molar-refractivity contribution in [2.45, 2.75) is 62.6 Å². The topological polar surface area (TPSA) is 121 Å². The molecule has 2 saturated carbocycles. The average Bonchev–Trinajstić information content (AvgIpc) is 2.85. The Morgan fingerprint density at radius 1 is 0.656 bits per heavy atom. The molecule has 2 aliphatic carbocycles. The summed E-state index contributed by atoms with van der Waals surface area (Å²) in [5, 5.41) is 0. The largest absolute Gasteiger partial charge is 0.448 e. The molecule has 0 spiro atoms. The zero-order chi connectivity index (χ0) is 23.2. The van der Waals surface area contributed by atoms with E-state index in [0.29, 0.717) is 38.3 Å². The highest BCUT2D eigenvalue weighted by Crippen LogP contribution is 2.35. The second kappa shape index (κ2) is 9.97. The van der Waals surface area contributed by atoms with Crippen LogP contribution in [0, 0.1) is 11.8 Å². The SMILES string of the molecule is O=CC1CCC(C=O)(OC(=O)c2ccc(C(=O)OC3(C=O)CCC(C=O)CC3)cc2)CC1. The zero-order valence-electron chi connectivity index (χ0n) is 17.7. The molecule has 32 heavy (non-hydrogen) atoms. The number of ether oxygens (including phenoxy) is 2. The summed E-state index contributed by atoms with van der Waals surface area (Å²) in [6.45, 7) is 0. The number of esters is 2. The van der Waals surface area contributed by atoms with Gasteiger partial charge in [-0.3, -0.25) is 9.59 Å². The highest BCUT2D eigenvalue weighted by Gasteiger charge is 2.40. The van der Waals surface area contributed by atoms with E-state index in [2.05, 4.69) is 0 Å². The molecule has 0 amide bonds. The van der Waals surface area contributed by atoms with E-state index in [1.807, 2.05) is 0 Å². The van der Waals surface area contributed by atoms with Gasteiger partial charge in [0.1, 0.15) is 12.6 Å². The van der Waals surface area contributed by atoms with Crippen molar-refractivity contribution in [3.8, 4) is 0 Å². The van der Waals surface area contributed by atoms with Crippen LogP contribution in [0.15, 0.2) is 24.3 Å². The molecule has 2 fully saturated rings. The number of hydrogen-bond acceptors (Lipinski definition) is 8. The van der Waals surface area contributed by atoms with Gasteiger partial charge in [-0.2, -0.15) is 0 Å². The third kappa shape index (κ3) is 5.18. The number of rotatable bonds is 8. The molecule has 0 bridgehead atoms. The summed E-state index contributed by atoms with van der Waals surface area (Å²) in [6.07, 6.45) is 6.02. The fourth-order valence-electron chi connectivity index (χ4n) is 4.25. The Labute approximate surface area is 185 Å². The fourth-order valence-corrected chi connectivity index (χ4v) is 4.25. The lowest BCUT2D eigenvalue weighted by molar-refractivity contribution is -0.131. The van der Waals surface area contributed by atoms with E-state index >= 15 is 0 Å². The minimum absolute atomic E-state index is 0.129. The van der Waals surface area contributed by atoms with Gasteiger partial charge in [0.05, 0.1) is 11.1 Å². The maximum atomic E-state index is 12.5. The van der Waals surface area contributed by atoms with E-state index in [4.69, 9.17) is 9.47 Å². The van der Waals surface area contributed by atoms with Crippen molar-refractivity contribution in [1.29, 1.82) is 0 Å². The van der Waals surface area contributed by atoms with Crippen LogP contribution >= 0.6 is 0 Å². The monoisotopic (exact) mass is 442 g/mol. The number of hydrogen-bond donors (Lipinski definition) is 0. The Morgan fingerprint density at radius 2 is 0.969 bits per heavy atom. The Kier molecular flexibility index (Phi) is 7.33. The Hall–Kier alpha value is -3.16. The molecule has 1 aromatic carbocycles. The maximum Gasteiger partial charge on any atom is 0.339 e. The number of benzene rings is 1. The minimum Gasteiger partial charge on any atom is -0.448 e. The highest BCUT2D eigenvalue weighted by atomic mass is 16.6. The minimum atomic E-state index is -1.25. The summed E-state index contributed by atoms with van der Waals surface area (Å²) in [5.41, 5.74) is -2.16. The van der Waals surface area contributed by atoms with Gasteiger partial charge in [-0.05, 0) is 75.6 Å². The molecule has 0 N–H and O–H groups in total. The van der Waals surface area contributed by atoms with Gasteiger partial charge in [-0.15, -0.1) is 0 Å². The van der Waals surface area contributed by atoms with Gasteiger partial charge < -0.3 is 19.1 Å². The lowest BCUT2D eigenvalue weighted by Crippen LogP contribution is -2.41. The van der Waals surface area contributed by atoms with Crippen molar-refractivity contribution in [2.24, 2.45) is 11.8 Å². The van der Waals surface area contributed by atoms with Gasteiger partial charge in [0, 0.05) is 11.8 Å². The van der Waals surface area contributed by atoms with E-state index in [9.17, 15) is 28.8 Å². The molecular formula is C24H26O8. The predicted molar refractivity (Wildman–Crippen MR) is 111 cm³/mol. The van der Waals surface area contributed by atoms with E-state index in [1.165, 1.54) is 24.3 Å². The van der Waals surface area contributed by atoms with Crippen LogP contribution < -0.4 is 0 Å². The lowest BCUT2D eigenvalue weighted by atomic mass is 9.80. The smallest absolute Gasteiger partial charge is 0.339 e. The average molecular weight is 442 g/mol. The molecule has 8 heteroatoms. The van der Waals surface area contributed by atoms with Crippen LogP contribution in [0.2, 0.25) is 0 Å². The van der Waals surface area contributed by atoms with Crippen molar-refractivity contribution < 1.29 is 38.2 Å². The van der Waals surface area contributed by atoms with Crippen molar-refractivity contribution in [3.05, 3.63) is 35.4 Å². The molecule has 0 atom stereocenters. The standard InChI is InChI=1S/C24H26O8/c25-13-17-5-9-23(15-27,10-6-17)31-21(29)19-1-2-20(4-3-19)22(30)32-24(16-28)11-7-18(14-26)8-12-24/h1-4,13-18H,5-12H2. The quantitative estimate of drug-likeness (QED) is 0.445. The Bertz CT molecular complexity index is 799. The summed E-state index contributed by atoms with van der Waals surface area (Å²) in [7, 11) is 0. The lowest BCUT2D eigenvalue weighted by Gasteiger charge is -2.34. The van der Waals surface area contributed by atoms with Gasteiger partial charge in [0.25, 0.3) is 0 Å². The van der Waals surface area contributed by atoms with E-state index in [0.717, 1.165) is 12.6 Å². The van der Waals surface area contributed by atoms with E-state index in [1.54, 1.807) is 0 Å². The summed E-state index contributed by atoms with van der Waals surface area (Å²) in [4.78, 5) is 70.1. The van der Waals surface area contributed by atoms with E-state index in [-0.39, 0.29) is 48.6 Å². The molecule has 0 radical (unpaired) electrons.